The van der Waals surface area contributed by atoms with Crippen molar-refractivity contribution < 1.29 is 27.1 Å². The maximum absolute atomic E-state index is 13.1. The van der Waals surface area contributed by atoms with Gasteiger partial charge in [0.25, 0.3) is 11.5 Å². The molecule has 28 heavy (non-hydrogen) atoms. The number of rotatable bonds is 3. The number of terminal acetylenes is 1. The minimum Gasteiger partial charge on any atom is -0.480 e. The van der Waals surface area contributed by atoms with E-state index < -0.39 is 41.6 Å². The minimum atomic E-state index is -5.11. The number of carbonyl (C=O) groups excluding carboxylic acids is 1. The van der Waals surface area contributed by atoms with Gasteiger partial charge in [-0.15, -0.1) is 6.42 Å². The van der Waals surface area contributed by atoms with Crippen LogP contribution >= 0.6 is 0 Å². The van der Waals surface area contributed by atoms with Gasteiger partial charge in [0.15, 0.2) is 25.0 Å². The zero-order chi connectivity index (χ0) is 20.6. The van der Waals surface area contributed by atoms with Crippen LogP contribution in [-0.2, 0) is 17.8 Å². The third-order valence-electron chi connectivity index (χ3n) is 3.81. The second-order valence-electron chi connectivity index (χ2n) is 5.49. The Morgan fingerprint density at radius 3 is 2.57 bits per heavy atom. The molecule has 3 heterocycles. The molecular formula is C16H10F4N4O4. The van der Waals surface area contributed by atoms with Crippen LogP contribution in [0.15, 0.2) is 27.8 Å². The normalized spacial score (nSPS) is 13.7. The third kappa shape index (κ3) is 3.11. The van der Waals surface area contributed by atoms with Gasteiger partial charge in [0.2, 0.25) is 0 Å². The number of amides is 1. The summed E-state index contributed by atoms with van der Waals surface area (Å²) in [5.41, 5.74) is -4.69. The molecule has 0 bridgehead atoms. The lowest BCUT2D eigenvalue weighted by Gasteiger charge is -2.27. The lowest BCUT2D eigenvalue weighted by Crippen LogP contribution is -2.43. The van der Waals surface area contributed by atoms with Gasteiger partial charge >= 0.3 is 11.9 Å². The molecule has 2 aromatic rings. The Morgan fingerprint density at radius 2 is 1.96 bits per heavy atom. The first kappa shape index (κ1) is 19.2. The number of nitrogens with zero attached hydrogens (tertiary/aromatic N) is 4. The average molecular weight is 398 g/mol. The van der Waals surface area contributed by atoms with E-state index in [1.807, 2.05) is 0 Å². The molecule has 1 amide bonds. The summed E-state index contributed by atoms with van der Waals surface area (Å²) < 4.78 is 57.2. The topological polar surface area (TPSA) is 86.4 Å². The summed E-state index contributed by atoms with van der Waals surface area (Å²) in [6, 6.07) is 2.46. The molecule has 146 valence electrons. The first-order valence-corrected chi connectivity index (χ1v) is 7.57. The smallest absolute Gasteiger partial charge is 0.431 e. The monoisotopic (exact) mass is 398 g/mol. The van der Waals surface area contributed by atoms with Crippen LogP contribution in [0.2, 0.25) is 0 Å². The molecule has 0 spiro atoms. The van der Waals surface area contributed by atoms with Gasteiger partial charge in [-0.2, -0.15) is 13.2 Å². The Hall–Kier alpha value is -3.62. The standard InChI is InChI=1S/C16H10F4N4O4/c1-2-5-22-13(26)7-28-9-3-4-11(21-14(9)22)24-12(25)6-10(16(18,19)20)23(8-17)15(24)27/h1,3-4,6H,5,7-8H2. The van der Waals surface area contributed by atoms with E-state index in [0.717, 1.165) is 11.0 Å². The van der Waals surface area contributed by atoms with Crippen molar-refractivity contribution in [1.29, 1.82) is 0 Å². The van der Waals surface area contributed by atoms with Crippen LogP contribution in [0.3, 0.4) is 0 Å². The molecule has 0 unspecified atom stereocenters. The predicted molar refractivity (Wildman–Crippen MR) is 86.9 cm³/mol. The van der Waals surface area contributed by atoms with Gasteiger partial charge in [-0.1, -0.05) is 5.92 Å². The summed E-state index contributed by atoms with van der Waals surface area (Å²) in [5, 5.41) is 0. The van der Waals surface area contributed by atoms with Crippen molar-refractivity contribution in [2.75, 3.05) is 18.1 Å². The van der Waals surface area contributed by atoms with Crippen molar-refractivity contribution in [3.8, 4) is 23.9 Å². The van der Waals surface area contributed by atoms with Crippen molar-refractivity contribution >= 4 is 11.7 Å². The van der Waals surface area contributed by atoms with Crippen LogP contribution < -0.4 is 20.9 Å². The van der Waals surface area contributed by atoms with Gasteiger partial charge in [0, 0.05) is 6.07 Å². The average Bonchev–Trinajstić information content (AvgIpc) is 2.63. The van der Waals surface area contributed by atoms with Crippen LogP contribution in [0.25, 0.3) is 5.82 Å². The van der Waals surface area contributed by atoms with Crippen molar-refractivity contribution in [1.82, 2.24) is 14.1 Å². The number of pyridine rings is 1. The SMILES string of the molecule is C#CCN1C(=O)COc2ccc(-n3c(=O)cc(C(F)(F)F)n(CF)c3=O)nc21. The fraction of sp³-hybridized carbons (Fsp3) is 0.250. The molecule has 0 fully saturated rings. The maximum atomic E-state index is 13.1. The van der Waals surface area contributed by atoms with E-state index in [-0.39, 0.29) is 39.9 Å². The Balaban J connectivity index is 2.24. The summed E-state index contributed by atoms with van der Waals surface area (Å²) in [5.74, 6) is 1.26. The number of halogens is 4. The summed E-state index contributed by atoms with van der Waals surface area (Å²) in [6.07, 6.45) is 0.0877. The summed E-state index contributed by atoms with van der Waals surface area (Å²) >= 11 is 0. The number of aromatic nitrogens is 3. The summed E-state index contributed by atoms with van der Waals surface area (Å²) in [4.78, 5) is 41.4. The van der Waals surface area contributed by atoms with Gasteiger partial charge < -0.3 is 4.74 Å². The van der Waals surface area contributed by atoms with Crippen LogP contribution in [0.5, 0.6) is 5.75 Å². The Kier molecular flexibility index (Phi) is 4.68. The summed E-state index contributed by atoms with van der Waals surface area (Å²) in [6.45, 7) is -2.32. The van der Waals surface area contributed by atoms with E-state index in [0.29, 0.717) is 0 Å². The molecule has 0 N–H and O–H groups in total. The van der Waals surface area contributed by atoms with E-state index >= 15 is 0 Å². The number of fused-ring (bicyclic) bond motifs is 1. The van der Waals surface area contributed by atoms with Crippen LogP contribution in [0, 0.1) is 12.3 Å². The second-order valence-corrected chi connectivity index (χ2v) is 5.49. The molecule has 3 rings (SSSR count). The van der Waals surface area contributed by atoms with Crippen molar-refractivity contribution in [3.05, 3.63) is 44.7 Å². The molecule has 2 aromatic heterocycles. The van der Waals surface area contributed by atoms with Gasteiger partial charge in [-0.05, 0) is 12.1 Å². The van der Waals surface area contributed by atoms with E-state index in [9.17, 15) is 31.9 Å². The van der Waals surface area contributed by atoms with Crippen LogP contribution in [0.4, 0.5) is 23.4 Å². The molecule has 0 aromatic carbocycles. The van der Waals surface area contributed by atoms with Gasteiger partial charge in [-0.3, -0.25) is 19.1 Å². The zero-order valence-corrected chi connectivity index (χ0v) is 13.9. The molecule has 8 nitrogen and oxygen atoms in total. The molecular weight excluding hydrogens is 388 g/mol. The predicted octanol–water partition coefficient (Wildman–Crippen LogP) is 0.699. The fourth-order valence-electron chi connectivity index (χ4n) is 2.58. The zero-order valence-electron chi connectivity index (χ0n) is 13.9. The highest BCUT2D eigenvalue weighted by molar-refractivity contribution is 5.97. The van der Waals surface area contributed by atoms with Gasteiger partial charge in [0.1, 0.15) is 11.5 Å². The molecule has 0 saturated carbocycles. The second kappa shape index (κ2) is 6.84. The van der Waals surface area contributed by atoms with Crippen LogP contribution in [0.1, 0.15) is 5.69 Å². The first-order valence-electron chi connectivity index (χ1n) is 7.57. The molecule has 0 aliphatic carbocycles. The van der Waals surface area contributed by atoms with Crippen molar-refractivity contribution in [2.45, 2.75) is 13.0 Å². The lowest BCUT2D eigenvalue weighted by molar-refractivity contribution is -0.145. The summed E-state index contributed by atoms with van der Waals surface area (Å²) in [7, 11) is 0. The molecule has 1 aliphatic rings. The van der Waals surface area contributed by atoms with Gasteiger partial charge in [-0.25, -0.2) is 18.7 Å². The Labute approximate surface area is 153 Å². The molecule has 0 atom stereocenters. The van der Waals surface area contributed by atoms with Crippen molar-refractivity contribution in [2.24, 2.45) is 0 Å². The number of alkyl halides is 4. The minimum absolute atomic E-state index is 0.0863. The highest BCUT2D eigenvalue weighted by Gasteiger charge is 2.36. The van der Waals surface area contributed by atoms with E-state index in [4.69, 9.17) is 11.2 Å². The van der Waals surface area contributed by atoms with E-state index in [1.165, 1.54) is 6.07 Å². The molecule has 12 heteroatoms. The quantitative estimate of drug-likeness (QED) is 0.561. The van der Waals surface area contributed by atoms with E-state index in [1.54, 1.807) is 0 Å². The lowest BCUT2D eigenvalue weighted by atomic mass is 10.3. The Morgan fingerprint density at radius 1 is 1.25 bits per heavy atom. The number of hydrogen-bond donors (Lipinski definition) is 0. The number of hydrogen-bond acceptors (Lipinski definition) is 5. The number of anilines is 1. The molecule has 0 saturated heterocycles. The van der Waals surface area contributed by atoms with Gasteiger partial charge in [0.05, 0.1) is 6.54 Å². The maximum Gasteiger partial charge on any atom is 0.431 e. The number of carbonyl (C=O) groups is 1. The molecule has 0 radical (unpaired) electrons. The highest BCUT2D eigenvalue weighted by Crippen LogP contribution is 2.31. The fourth-order valence-corrected chi connectivity index (χ4v) is 2.58. The van der Waals surface area contributed by atoms with Crippen LogP contribution in [-0.4, -0.2) is 33.2 Å². The first-order chi connectivity index (χ1) is 13.2. The number of ether oxygens (including phenoxy) is 1. The Bertz CT molecular complexity index is 1110. The third-order valence-corrected chi connectivity index (χ3v) is 3.81. The largest absolute Gasteiger partial charge is 0.480 e. The highest BCUT2D eigenvalue weighted by atomic mass is 19.4. The molecule has 1 aliphatic heterocycles. The van der Waals surface area contributed by atoms with E-state index in [2.05, 4.69) is 10.9 Å². The van der Waals surface area contributed by atoms with Crippen molar-refractivity contribution in [3.63, 3.8) is 0 Å².